The van der Waals surface area contributed by atoms with Crippen LogP contribution in [0.5, 0.6) is 0 Å². The minimum absolute atomic E-state index is 0.108. The summed E-state index contributed by atoms with van der Waals surface area (Å²) in [5.41, 5.74) is 1.33. The number of allylic oxidation sites excluding steroid dienone is 3. The number of fused-ring (bicyclic) bond motifs is 4. The molecule has 0 radical (unpaired) electrons. The summed E-state index contributed by atoms with van der Waals surface area (Å²) in [5, 5.41) is 0. The minimum Gasteiger partial charge on any atom is -0.341 e. The van der Waals surface area contributed by atoms with Crippen LogP contribution in [0.2, 0.25) is 0 Å². The van der Waals surface area contributed by atoms with Crippen LogP contribution in [-0.4, -0.2) is 60.0 Å². The zero-order chi connectivity index (χ0) is 21.5. The number of piperidine rings is 3. The maximum Gasteiger partial charge on any atom is 0.231 e. The Bertz CT molecular complexity index is 894. The summed E-state index contributed by atoms with van der Waals surface area (Å²) >= 11 is 0. The van der Waals surface area contributed by atoms with Gasteiger partial charge in [-0.15, -0.1) is 0 Å². The van der Waals surface area contributed by atoms with Crippen molar-refractivity contribution in [3.8, 4) is 0 Å². The molecule has 0 aromatic carbocycles. The van der Waals surface area contributed by atoms with E-state index in [2.05, 4.69) is 20.8 Å². The molecule has 7 nitrogen and oxygen atoms in total. The van der Waals surface area contributed by atoms with Crippen molar-refractivity contribution in [1.82, 2.24) is 15.0 Å². The number of hydrogen-bond donors (Lipinski definition) is 0. The molecule has 4 heterocycles. The Morgan fingerprint density at radius 3 is 1.94 bits per heavy atom. The number of anilines is 3. The van der Waals surface area contributed by atoms with Gasteiger partial charge in [0.2, 0.25) is 17.8 Å². The predicted octanol–water partition coefficient (Wildman–Crippen LogP) is 3.38. The van der Waals surface area contributed by atoms with Crippen LogP contribution in [0.3, 0.4) is 0 Å². The van der Waals surface area contributed by atoms with Crippen molar-refractivity contribution < 1.29 is 4.79 Å². The van der Waals surface area contributed by atoms with Gasteiger partial charge < -0.3 is 14.7 Å². The molecule has 2 aliphatic carbocycles. The number of carbonyl (C=O) groups excluding carboxylic acids is 1. The maximum atomic E-state index is 12.5. The van der Waals surface area contributed by atoms with Crippen molar-refractivity contribution in [1.29, 1.82) is 0 Å². The van der Waals surface area contributed by atoms with E-state index in [1.807, 2.05) is 6.08 Å². The van der Waals surface area contributed by atoms with Gasteiger partial charge in [-0.3, -0.25) is 4.79 Å². The van der Waals surface area contributed by atoms with E-state index in [9.17, 15) is 4.79 Å². The van der Waals surface area contributed by atoms with Crippen molar-refractivity contribution in [3.63, 3.8) is 0 Å². The molecular weight excluding hydrogens is 400 g/mol. The first-order valence-corrected chi connectivity index (χ1v) is 12.7. The van der Waals surface area contributed by atoms with Crippen LogP contribution in [0, 0.1) is 17.8 Å². The fourth-order valence-corrected chi connectivity index (χ4v) is 6.39. The quantitative estimate of drug-likeness (QED) is 0.722. The molecule has 3 atom stereocenters. The molecule has 4 fully saturated rings. The van der Waals surface area contributed by atoms with Crippen molar-refractivity contribution in [2.45, 2.75) is 51.4 Å². The third-order valence-corrected chi connectivity index (χ3v) is 8.03. The largest absolute Gasteiger partial charge is 0.341 e. The molecule has 3 aliphatic heterocycles. The van der Waals surface area contributed by atoms with E-state index in [0.717, 1.165) is 63.5 Å². The Morgan fingerprint density at radius 1 is 0.719 bits per heavy atom. The second-order valence-corrected chi connectivity index (χ2v) is 10.3. The van der Waals surface area contributed by atoms with E-state index in [-0.39, 0.29) is 5.92 Å². The highest BCUT2D eigenvalue weighted by molar-refractivity contribution is 5.95. The molecule has 0 amide bonds. The molecule has 1 saturated carbocycles. The Hall–Kier alpha value is -2.44. The molecule has 2 bridgehead atoms. The molecule has 1 aromatic heterocycles. The molecule has 3 saturated heterocycles. The standard InChI is InChI=1S/C25H34N6O/c32-22-9-7-8-20-19-14-18(15-21(20)22)16-31(17-19)25-27-23(29-10-3-1-4-11-29)26-24(28-25)30-12-5-2-6-13-30/h7-9,18-19,21H,1-6,10-17H2. The SMILES string of the molecule is O=C1C=CC=C2C3CC(CC12)CN(c1nc(N2CCCCC2)nc(N2CCCCC2)n1)C3. The van der Waals surface area contributed by atoms with E-state index in [4.69, 9.17) is 15.0 Å². The van der Waals surface area contributed by atoms with Gasteiger partial charge in [-0.1, -0.05) is 17.7 Å². The van der Waals surface area contributed by atoms with Crippen LogP contribution in [-0.2, 0) is 4.79 Å². The normalized spacial score (nSPS) is 30.2. The van der Waals surface area contributed by atoms with Crippen molar-refractivity contribution in [2.75, 3.05) is 54.0 Å². The molecule has 3 unspecified atom stereocenters. The first kappa shape index (κ1) is 20.2. The lowest BCUT2D eigenvalue weighted by Gasteiger charge is -2.46. The molecule has 5 aliphatic rings. The highest BCUT2D eigenvalue weighted by atomic mass is 16.1. The first-order valence-electron chi connectivity index (χ1n) is 12.7. The molecule has 6 rings (SSSR count). The summed E-state index contributed by atoms with van der Waals surface area (Å²) in [6.07, 6.45) is 15.5. The fraction of sp³-hybridized carbons (Fsp3) is 0.680. The topological polar surface area (TPSA) is 65.5 Å². The molecule has 1 aromatic rings. The summed E-state index contributed by atoms with van der Waals surface area (Å²) in [5.74, 6) is 3.92. The average molecular weight is 435 g/mol. The highest BCUT2D eigenvalue weighted by Gasteiger charge is 2.42. The highest BCUT2D eigenvalue weighted by Crippen LogP contribution is 2.44. The lowest BCUT2D eigenvalue weighted by molar-refractivity contribution is -0.118. The van der Waals surface area contributed by atoms with Gasteiger partial charge in [-0.05, 0) is 69.3 Å². The number of ketones is 1. The third kappa shape index (κ3) is 3.80. The van der Waals surface area contributed by atoms with E-state index >= 15 is 0 Å². The summed E-state index contributed by atoms with van der Waals surface area (Å²) < 4.78 is 0. The summed E-state index contributed by atoms with van der Waals surface area (Å²) in [6.45, 7) is 6.01. The molecule has 170 valence electrons. The number of aromatic nitrogens is 3. The summed E-state index contributed by atoms with van der Waals surface area (Å²) in [7, 11) is 0. The molecular formula is C25H34N6O. The number of rotatable bonds is 3. The Morgan fingerprint density at radius 2 is 1.31 bits per heavy atom. The van der Waals surface area contributed by atoms with Gasteiger partial charge in [0.15, 0.2) is 5.78 Å². The van der Waals surface area contributed by atoms with Crippen LogP contribution in [0.4, 0.5) is 17.8 Å². The van der Waals surface area contributed by atoms with Crippen molar-refractivity contribution in [3.05, 3.63) is 23.8 Å². The van der Waals surface area contributed by atoms with Gasteiger partial charge in [-0.25, -0.2) is 0 Å². The number of carbonyl (C=O) groups is 1. The van der Waals surface area contributed by atoms with Crippen LogP contribution >= 0.6 is 0 Å². The van der Waals surface area contributed by atoms with Crippen molar-refractivity contribution >= 4 is 23.6 Å². The monoisotopic (exact) mass is 434 g/mol. The van der Waals surface area contributed by atoms with E-state index in [0.29, 0.717) is 17.6 Å². The molecule has 0 N–H and O–H groups in total. The van der Waals surface area contributed by atoms with Gasteiger partial charge in [0.1, 0.15) is 0 Å². The zero-order valence-electron chi connectivity index (χ0n) is 19.0. The van der Waals surface area contributed by atoms with Crippen LogP contribution in [0.25, 0.3) is 0 Å². The lowest BCUT2D eigenvalue weighted by Crippen LogP contribution is -2.48. The van der Waals surface area contributed by atoms with Gasteiger partial charge in [0.05, 0.1) is 0 Å². The van der Waals surface area contributed by atoms with Crippen molar-refractivity contribution in [2.24, 2.45) is 17.8 Å². The van der Waals surface area contributed by atoms with E-state index in [1.165, 1.54) is 50.5 Å². The van der Waals surface area contributed by atoms with Crippen LogP contribution < -0.4 is 14.7 Å². The number of hydrogen-bond acceptors (Lipinski definition) is 7. The maximum absolute atomic E-state index is 12.5. The second kappa shape index (κ2) is 8.49. The summed E-state index contributed by atoms with van der Waals surface area (Å²) in [6, 6.07) is 0. The average Bonchev–Trinajstić information content (AvgIpc) is 2.85. The van der Waals surface area contributed by atoms with Gasteiger partial charge in [0, 0.05) is 45.2 Å². The number of nitrogens with zero attached hydrogens (tertiary/aromatic N) is 6. The predicted molar refractivity (Wildman–Crippen MR) is 126 cm³/mol. The zero-order valence-corrected chi connectivity index (χ0v) is 19.0. The Kier molecular flexibility index (Phi) is 5.35. The smallest absolute Gasteiger partial charge is 0.231 e. The first-order chi connectivity index (χ1) is 15.7. The second-order valence-electron chi connectivity index (χ2n) is 10.3. The van der Waals surface area contributed by atoms with E-state index in [1.54, 1.807) is 6.08 Å². The minimum atomic E-state index is 0.108. The molecule has 0 spiro atoms. The Labute approximate surface area is 190 Å². The van der Waals surface area contributed by atoms with Gasteiger partial charge in [0.25, 0.3) is 0 Å². The van der Waals surface area contributed by atoms with Gasteiger partial charge in [-0.2, -0.15) is 15.0 Å². The fourth-order valence-electron chi connectivity index (χ4n) is 6.39. The van der Waals surface area contributed by atoms with E-state index < -0.39 is 0 Å². The van der Waals surface area contributed by atoms with Crippen LogP contribution in [0.1, 0.15) is 51.4 Å². The van der Waals surface area contributed by atoms with Gasteiger partial charge >= 0.3 is 0 Å². The summed E-state index contributed by atoms with van der Waals surface area (Å²) in [4.78, 5) is 34.6. The third-order valence-electron chi connectivity index (χ3n) is 8.03. The van der Waals surface area contributed by atoms with Crippen LogP contribution in [0.15, 0.2) is 23.8 Å². The molecule has 32 heavy (non-hydrogen) atoms. The lowest BCUT2D eigenvalue weighted by atomic mass is 9.66. The molecule has 7 heteroatoms. The Balaban J connectivity index is 1.31.